The maximum atomic E-state index is 13.1. The van der Waals surface area contributed by atoms with E-state index in [1.54, 1.807) is 0 Å². The smallest absolute Gasteiger partial charge is 0.343 e. The van der Waals surface area contributed by atoms with Gasteiger partial charge < -0.3 is 9.84 Å². The van der Waals surface area contributed by atoms with E-state index >= 15 is 0 Å². The van der Waals surface area contributed by atoms with Crippen molar-refractivity contribution in [3.63, 3.8) is 0 Å². The fraction of sp³-hybridized carbons (Fsp3) is 0.222. The molecule has 0 bridgehead atoms. The standard InChI is InChI=1S/C9H8ClFO3/c1-14-8-5(7(11)9(12)13)3-2-4-6(8)10/h2-4,7H,1H3,(H,12,13). The lowest BCUT2D eigenvalue weighted by Crippen LogP contribution is -2.07. The van der Waals surface area contributed by atoms with E-state index < -0.39 is 12.1 Å². The molecule has 0 saturated heterocycles. The minimum atomic E-state index is -2.12. The number of carboxylic acids is 1. The summed E-state index contributed by atoms with van der Waals surface area (Å²) >= 11 is 5.69. The zero-order valence-corrected chi connectivity index (χ0v) is 8.08. The van der Waals surface area contributed by atoms with Gasteiger partial charge in [-0.05, 0) is 6.07 Å². The summed E-state index contributed by atoms with van der Waals surface area (Å²) in [6, 6.07) is 4.29. The number of halogens is 2. The van der Waals surface area contributed by atoms with Crippen LogP contribution in [-0.4, -0.2) is 18.2 Å². The molecule has 5 heteroatoms. The highest BCUT2D eigenvalue weighted by atomic mass is 35.5. The quantitative estimate of drug-likeness (QED) is 0.848. The van der Waals surface area contributed by atoms with Crippen LogP contribution >= 0.6 is 11.6 Å². The number of rotatable bonds is 3. The Morgan fingerprint density at radius 3 is 2.79 bits per heavy atom. The monoisotopic (exact) mass is 218 g/mol. The van der Waals surface area contributed by atoms with Crippen LogP contribution in [0.4, 0.5) is 4.39 Å². The van der Waals surface area contributed by atoms with Gasteiger partial charge in [0.1, 0.15) is 5.75 Å². The second-order valence-corrected chi connectivity index (χ2v) is 2.97. The Hall–Kier alpha value is -1.29. The second kappa shape index (κ2) is 4.28. The van der Waals surface area contributed by atoms with Crippen LogP contribution in [0, 0.1) is 0 Å². The van der Waals surface area contributed by atoms with Crippen molar-refractivity contribution >= 4 is 17.6 Å². The Morgan fingerprint density at radius 1 is 1.64 bits per heavy atom. The summed E-state index contributed by atoms with van der Waals surface area (Å²) in [4.78, 5) is 10.4. The number of benzene rings is 1. The summed E-state index contributed by atoms with van der Waals surface area (Å²) in [7, 11) is 1.30. The van der Waals surface area contributed by atoms with Crippen LogP contribution in [0.25, 0.3) is 0 Å². The van der Waals surface area contributed by atoms with Gasteiger partial charge in [-0.25, -0.2) is 9.18 Å². The van der Waals surface area contributed by atoms with Crippen molar-refractivity contribution in [1.82, 2.24) is 0 Å². The van der Waals surface area contributed by atoms with Crippen LogP contribution in [0.5, 0.6) is 5.75 Å². The molecule has 0 saturated carbocycles. The topological polar surface area (TPSA) is 46.5 Å². The van der Waals surface area contributed by atoms with Crippen molar-refractivity contribution < 1.29 is 19.0 Å². The number of para-hydroxylation sites is 1. The van der Waals surface area contributed by atoms with Gasteiger partial charge in [0.25, 0.3) is 0 Å². The third-order valence-electron chi connectivity index (χ3n) is 1.69. The van der Waals surface area contributed by atoms with Crippen LogP contribution in [-0.2, 0) is 4.79 Å². The van der Waals surface area contributed by atoms with Crippen molar-refractivity contribution in [1.29, 1.82) is 0 Å². The molecule has 0 amide bonds. The van der Waals surface area contributed by atoms with E-state index in [9.17, 15) is 9.18 Å². The van der Waals surface area contributed by atoms with E-state index in [4.69, 9.17) is 21.4 Å². The fourth-order valence-electron chi connectivity index (χ4n) is 1.07. The Bertz CT molecular complexity index is 354. The summed E-state index contributed by atoms with van der Waals surface area (Å²) in [5.41, 5.74) is -0.0764. The molecule has 0 spiro atoms. The van der Waals surface area contributed by atoms with Crippen LogP contribution in [0.2, 0.25) is 5.02 Å². The fourth-order valence-corrected chi connectivity index (χ4v) is 1.33. The average Bonchev–Trinajstić information content (AvgIpc) is 2.16. The summed E-state index contributed by atoms with van der Waals surface area (Å²) in [5.74, 6) is -1.50. The molecule has 0 heterocycles. The van der Waals surface area contributed by atoms with Crippen molar-refractivity contribution in [2.45, 2.75) is 6.17 Å². The van der Waals surface area contributed by atoms with Crippen LogP contribution in [0.1, 0.15) is 11.7 Å². The molecule has 1 unspecified atom stereocenters. The number of carbonyl (C=O) groups is 1. The lowest BCUT2D eigenvalue weighted by molar-refractivity contribution is -0.143. The summed E-state index contributed by atoms with van der Waals surface area (Å²) in [6.07, 6.45) is -2.12. The van der Waals surface area contributed by atoms with Gasteiger partial charge in [-0.3, -0.25) is 0 Å². The van der Waals surface area contributed by atoms with Gasteiger partial charge in [-0.1, -0.05) is 23.7 Å². The first kappa shape index (κ1) is 10.8. The maximum absolute atomic E-state index is 13.1. The highest BCUT2D eigenvalue weighted by Gasteiger charge is 2.23. The normalized spacial score (nSPS) is 12.2. The molecule has 1 rings (SSSR count). The highest BCUT2D eigenvalue weighted by Crippen LogP contribution is 2.34. The van der Waals surface area contributed by atoms with Crippen molar-refractivity contribution in [3.05, 3.63) is 28.8 Å². The van der Waals surface area contributed by atoms with Crippen molar-refractivity contribution in [2.24, 2.45) is 0 Å². The molecular formula is C9H8ClFO3. The Balaban J connectivity index is 3.20. The first-order valence-corrected chi connectivity index (χ1v) is 4.15. The molecule has 1 atom stereocenters. The van der Waals surface area contributed by atoms with Crippen LogP contribution in [0.3, 0.4) is 0 Å². The van der Waals surface area contributed by atoms with Crippen molar-refractivity contribution in [2.75, 3.05) is 7.11 Å². The molecule has 0 aliphatic carbocycles. The zero-order chi connectivity index (χ0) is 10.7. The predicted octanol–water partition coefficient (Wildman–Crippen LogP) is 2.44. The number of hydrogen-bond donors (Lipinski definition) is 1. The van der Waals surface area contributed by atoms with Crippen molar-refractivity contribution in [3.8, 4) is 5.75 Å². The molecule has 0 aliphatic heterocycles. The van der Waals surface area contributed by atoms with E-state index in [0.717, 1.165) is 0 Å². The average molecular weight is 219 g/mol. The molecule has 0 aliphatic rings. The van der Waals surface area contributed by atoms with Crippen LogP contribution in [0.15, 0.2) is 18.2 Å². The van der Waals surface area contributed by atoms with Gasteiger partial charge in [-0.15, -0.1) is 0 Å². The molecule has 0 fully saturated rings. The first-order valence-electron chi connectivity index (χ1n) is 3.77. The summed E-state index contributed by atoms with van der Waals surface area (Å²) in [5, 5.41) is 8.66. The maximum Gasteiger partial charge on any atom is 0.343 e. The van der Waals surface area contributed by atoms with E-state index in [1.807, 2.05) is 0 Å². The van der Waals surface area contributed by atoms with Gasteiger partial charge >= 0.3 is 5.97 Å². The van der Waals surface area contributed by atoms with Crippen LogP contribution < -0.4 is 4.74 Å². The Morgan fingerprint density at radius 2 is 2.29 bits per heavy atom. The zero-order valence-electron chi connectivity index (χ0n) is 7.33. The van der Waals surface area contributed by atoms with E-state index in [-0.39, 0.29) is 16.3 Å². The van der Waals surface area contributed by atoms with Gasteiger partial charge in [0.05, 0.1) is 12.1 Å². The largest absolute Gasteiger partial charge is 0.495 e. The minimum absolute atomic E-state index is 0.0593. The van der Waals surface area contributed by atoms with E-state index in [0.29, 0.717) is 0 Å². The number of carboxylic acid groups (broad SMARTS) is 1. The lowest BCUT2D eigenvalue weighted by Gasteiger charge is -2.10. The molecule has 14 heavy (non-hydrogen) atoms. The SMILES string of the molecule is COc1c(Cl)cccc1C(F)C(=O)O. The number of hydrogen-bond acceptors (Lipinski definition) is 2. The Kier molecular flexibility index (Phi) is 3.30. The minimum Gasteiger partial charge on any atom is -0.495 e. The van der Waals surface area contributed by atoms with E-state index in [2.05, 4.69) is 0 Å². The molecular weight excluding hydrogens is 211 g/mol. The van der Waals surface area contributed by atoms with Gasteiger partial charge in [0.15, 0.2) is 0 Å². The lowest BCUT2D eigenvalue weighted by atomic mass is 10.1. The number of alkyl halides is 1. The molecule has 3 nitrogen and oxygen atoms in total. The van der Waals surface area contributed by atoms with E-state index in [1.165, 1.54) is 25.3 Å². The summed E-state index contributed by atoms with van der Waals surface area (Å²) in [6.45, 7) is 0. The molecule has 1 aromatic carbocycles. The number of ether oxygens (including phenoxy) is 1. The molecule has 76 valence electrons. The first-order chi connectivity index (χ1) is 6.57. The Labute approximate surface area is 85.1 Å². The van der Waals surface area contributed by atoms with Gasteiger partial charge in [0.2, 0.25) is 6.17 Å². The molecule has 1 aromatic rings. The third-order valence-corrected chi connectivity index (χ3v) is 1.99. The van der Waals surface area contributed by atoms with Gasteiger partial charge in [0, 0.05) is 5.56 Å². The highest BCUT2D eigenvalue weighted by molar-refractivity contribution is 6.32. The number of methoxy groups -OCH3 is 1. The second-order valence-electron chi connectivity index (χ2n) is 2.56. The molecule has 0 radical (unpaired) electrons. The number of aliphatic carboxylic acids is 1. The van der Waals surface area contributed by atoms with Gasteiger partial charge in [-0.2, -0.15) is 0 Å². The molecule has 0 aromatic heterocycles. The predicted molar refractivity (Wildman–Crippen MR) is 49.5 cm³/mol. The third kappa shape index (κ3) is 1.96. The summed E-state index contributed by atoms with van der Waals surface area (Å²) < 4.78 is 18.0. The molecule has 1 N–H and O–H groups in total.